The summed E-state index contributed by atoms with van der Waals surface area (Å²) in [5.74, 6) is 0.296. The molecule has 0 spiro atoms. The second-order valence-electron chi connectivity index (χ2n) is 5.60. The molecule has 5 heteroatoms. The van der Waals surface area contributed by atoms with Crippen LogP contribution in [0.4, 0.5) is 0 Å². The summed E-state index contributed by atoms with van der Waals surface area (Å²) >= 11 is 0. The van der Waals surface area contributed by atoms with E-state index in [9.17, 15) is 4.79 Å². The largest absolute Gasteiger partial charge is 0.378 e. The van der Waals surface area contributed by atoms with Crippen LogP contribution in [0.3, 0.4) is 0 Å². The molecule has 3 unspecified atom stereocenters. The normalized spacial score (nSPS) is 31.7. The van der Waals surface area contributed by atoms with Crippen LogP contribution in [0.25, 0.3) is 0 Å². The molecule has 2 fully saturated rings. The van der Waals surface area contributed by atoms with Gasteiger partial charge in [0.1, 0.15) is 0 Å². The Balaban J connectivity index is 0.00000180. The van der Waals surface area contributed by atoms with Crippen LogP contribution in [0, 0.1) is 0 Å². The highest BCUT2D eigenvalue weighted by molar-refractivity contribution is 5.85. The van der Waals surface area contributed by atoms with Crippen LogP contribution in [-0.2, 0) is 9.53 Å². The van der Waals surface area contributed by atoms with Crippen molar-refractivity contribution in [3.8, 4) is 0 Å². The molecule has 1 amide bonds. The molecule has 3 atom stereocenters. The van der Waals surface area contributed by atoms with Gasteiger partial charge in [-0.2, -0.15) is 0 Å². The lowest BCUT2D eigenvalue weighted by Gasteiger charge is -2.39. The molecule has 0 aromatic heterocycles. The Morgan fingerprint density at radius 1 is 1.37 bits per heavy atom. The molecule has 0 aromatic carbocycles. The molecule has 0 bridgehead atoms. The summed E-state index contributed by atoms with van der Waals surface area (Å²) in [5, 5.41) is 3.40. The van der Waals surface area contributed by atoms with Crippen molar-refractivity contribution in [2.24, 2.45) is 0 Å². The Kier molecular flexibility index (Phi) is 7.11. The van der Waals surface area contributed by atoms with Crippen LogP contribution in [-0.4, -0.2) is 48.7 Å². The van der Waals surface area contributed by atoms with Crippen LogP contribution >= 0.6 is 12.4 Å². The summed E-state index contributed by atoms with van der Waals surface area (Å²) in [7, 11) is 0. The minimum atomic E-state index is 0. The highest BCUT2D eigenvalue weighted by Crippen LogP contribution is 2.18. The van der Waals surface area contributed by atoms with E-state index in [2.05, 4.69) is 19.2 Å². The molecule has 2 rings (SSSR count). The van der Waals surface area contributed by atoms with Gasteiger partial charge in [0.15, 0.2) is 0 Å². The molecule has 0 saturated carbocycles. The Labute approximate surface area is 122 Å². The number of ether oxygens (including phenoxy) is 1. The molecule has 0 aromatic rings. The van der Waals surface area contributed by atoms with E-state index in [-0.39, 0.29) is 12.4 Å². The third kappa shape index (κ3) is 4.62. The lowest BCUT2D eigenvalue weighted by Crippen LogP contribution is -2.57. The maximum Gasteiger partial charge on any atom is 0.223 e. The van der Waals surface area contributed by atoms with Crippen molar-refractivity contribution in [2.45, 2.75) is 64.1 Å². The van der Waals surface area contributed by atoms with E-state index in [4.69, 9.17) is 4.74 Å². The van der Waals surface area contributed by atoms with Crippen LogP contribution in [0.1, 0.15) is 46.0 Å². The molecule has 19 heavy (non-hydrogen) atoms. The minimum absolute atomic E-state index is 0. The van der Waals surface area contributed by atoms with Crippen molar-refractivity contribution >= 4 is 18.3 Å². The summed E-state index contributed by atoms with van der Waals surface area (Å²) in [4.78, 5) is 14.3. The monoisotopic (exact) mass is 290 g/mol. The van der Waals surface area contributed by atoms with Crippen LogP contribution < -0.4 is 5.32 Å². The van der Waals surface area contributed by atoms with E-state index in [1.165, 1.54) is 12.8 Å². The van der Waals surface area contributed by atoms with Crippen molar-refractivity contribution in [3.63, 3.8) is 0 Å². The molecular weight excluding hydrogens is 264 g/mol. The molecule has 0 aliphatic carbocycles. The molecule has 0 radical (unpaired) electrons. The Morgan fingerprint density at radius 2 is 2.16 bits per heavy atom. The number of amides is 1. The maximum atomic E-state index is 12.2. The lowest BCUT2D eigenvalue weighted by atomic mass is 10.0. The standard InChI is InChI=1S/C14H26N2O2.ClH/c1-11-12(2)16(9-8-15-11)14(17)7-6-13-5-3-4-10-18-13;/h11-13,15H,3-10H2,1-2H3;1H. The number of rotatable bonds is 3. The summed E-state index contributed by atoms with van der Waals surface area (Å²) in [6.07, 6.45) is 5.40. The first-order valence-electron chi connectivity index (χ1n) is 7.33. The van der Waals surface area contributed by atoms with Gasteiger partial charge in [0.05, 0.1) is 6.10 Å². The fourth-order valence-electron chi connectivity index (χ4n) is 2.87. The molecule has 1 N–H and O–H groups in total. The molecule has 2 aliphatic heterocycles. The molecule has 2 saturated heterocycles. The van der Waals surface area contributed by atoms with Crippen molar-refractivity contribution in [3.05, 3.63) is 0 Å². The van der Waals surface area contributed by atoms with Gasteiger partial charge >= 0.3 is 0 Å². The Bertz CT molecular complexity index is 283. The van der Waals surface area contributed by atoms with Gasteiger partial charge in [-0.3, -0.25) is 4.79 Å². The first-order valence-corrected chi connectivity index (χ1v) is 7.33. The first kappa shape index (κ1) is 16.7. The lowest BCUT2D eigenvalue weighted by molar-refractivity contribution is -0.135. The van der Waals surface area contributed by atoms with E-state index in [1.807, 2.05) is 4.90 Å². The Morgan fingerprint density at radius 3 is 2.84 bits per heavy atom. The van der Waals surface area contributed by atoms with Gasteiger partial charge in [-0.25, -0.2) is 0 Å². The highest BCUT2D eigenvalue weighted by atomic mass is 35.5. The fraction of sp³-hybridized carbons (Fsp3) is 0.929. The van der Waals surface area contributed by atoms with Crippen LogP contribution in [0.15, 0.2) is 0 Å². The summed E-state index contributed by atoms with van der Waals surface area (Å²) in [6.45, 7) is 6.91. The number of nitrogens with zero attached hydrogens (tertiary/aromatic N) is 1. The van der Waals surface area contributed by atoms with E-state index in [0.717, 1.165) is 32.5 Å². The SMILES string of the molecule is CC1NCCN(C(=O)CCC2CCCCO2)C1C.Cl. The van der Waals surface area contributed by atoms with Gasteiger partial charge in [0.25, 0.3) is 0 Å². The topological polar surface area (TPSA) is 41.6 Å². The van der Waals surface area contributed by atoms with E-state index in [1.54, 1.807) is 0 Å². The van der Waals surface area contributed by atoms with Crippen molar-refractivity contribution in [1.29, 1.82) is 0 Å². The predicted molar refractivity (Wildman–Crippen MR) is 78.7 cm³/mol. The zero-order valence-corrected chi connectivity index (χ0v) is 12.9. The van der Waals surface area contributed by atoms with E-state index in [0.29, 0.717) is 30.5 Å². The van der Waals surface area contributed by atoms with Gasteiger partial charge in [0.2, 0.25) is 5.91 Å². The minimum Gasteiger partial charge on any atom is -0.378 e. The van der Waals surface area contributed by atoms with Gasteiger partial charge in [-0.15, -0.1) is 12.4 Å². The summed E-state index contributed by atoms with van der Waals surface area (Å²) < 4.78 is 5.68. The molecular formula is C14H27ClN2O2. The number of hydrogen-bond acceptors (Lipinski definition) is 3. The van der Waals surface area contributed by atoms with Gasteiger partial charge < -0.3 is 15.0 Å². The average molecular weight is 291 g/mol. The predicted octanol–water partition coefficient (Wildman–Crippen LogP) is 1.97. The first-order chi connectivity index (χ1) is 8.68. The van der Waals surface area contributed by atoms with Crippen LogP contribution in [0.2, 0.25) is 0 Å². The average Bonchev–Trinajstić information content (AvgIpc) is 2.40. The number of piperazine rings is 1. The second-order valence-corrected chi connectivity index (χ2v) is 5.60. The molecule has 4 nitrogen and oxygen atoms in total. The summed E-state index contributed by atoms with van der Waals surface area (Å²) in [6, 6.07) is 0.701. The van der Waals surface area contributed by atoms with E-state index < -0.39 is 0 Å². The third-order valence-corrected chi connectivity index (χ3v) is 4.31. The smallest absolute Gasteiger partial charge is 0.223 e. The van der Waals surface area contributed by atoms with Crippen molar-refractivity contribution in [1.82, 2.24) is 10.2 Å². The number of hydrogen-bond donors (Lipinski definition) is 1. The number of carbonyl (C=O) groups is 1. The van der Waals surface area contributed by atoms with Gasteiger partial charge in [0, 0.05) is 38.2 Å². The van der Waals surface area contributed by atoms with E-state index >= 15 is 0 Å². The zero-order valence-electron chi connectivity index (χ0n) is 12.1. The molecule has 2 heterocycles. The zero-order chi connectivity index (χ0) is 13.0. The second kappa shape index (κ2) is 8.08. The third-order valence-electron chi connectivity index (χ3n) is 4.31. The van der Waals surface area contributed by atoms with Crippen molar-refractivity contribution < 1.29 is 9.53 Å². The molecule has 112 valence electrons. The number of halogens is 1. The number of carbonyl (C=O) groups excluding carboxylic acids is 1. The summed E-state index contributed by atoms with van der Waals surface area (Å²) in [5.41, 5.74) is 0. The maximum absolute atomic E-state index is 12.2. The quantitative estimate of drug-likeness (QED) is 0.864. The Hall–Kier alpha value is -0.320. The highest BCUT2D eigenvalue weighted by Gasteiger charge is 2.28. The number of nitrogens with one attached hydrogen (secondary N) is 1. The van der Waals surface area contributed by atoms with Gasteiger partial charge in [-0.1, -0.05) is 0 Å². The molecule has 2 aliphatic rings. The fourth-order valence-corrected chi connectivity index (χ4v) is 2.87. The van der Waals surface area contributed by atoms with Crippen molar-refractivity contribution in [2.75, 3.05) is 19.7 Å². The van der Waals surface area contributed by atoms with Gasteiger partial charge in [-0.05, 0) is 39.5 Å². The van der Waals surface area contributed by atoms with Crippen LogP contribution in [0.5, 0.6) is 0 Å².